The van der Waals surface area contributed by atoms with E-state index >= 15 is 0 Å². The third-order valence-electron chi connectivity index (χ3n) is 3.37. The second-order valence-corrected chi connectivity index (χ2v) is 5.92. The Morgan fingerprint density at radius 3 is 2.58 bits per heavy atom. The van der Waals surface area contributed by atoms with Crippen LogP contribution in [0, 0.1) is 6.92 Å². The topological polar surface area (TPSA) is 29.9 Å². The van der Waals surface area contributed by atoms with E-state index in [0.717, 1.165) is 10.2 Å². The first kappa shape index (κ1) is 14.3. The second-order valence-electron chi connectivity index (χ2n) is 5.01. The van der Waals surface area contributed by atoms with Gasteiger partial charge in [-0.15, -0.1) is 0 Å². The number of benzene rings is 1. The van der Waals surface area contributed by atoms with Gasteiger partial charge in [-0.25, -0.2) is 0 Å². The van der Waals surface area contributed by atoms with Gasteiger partial charge in [-0.3, -0.25) is 4.68 Å². The van der Waals surface area contributed by atoms with Crippen LogP contribution in [-0.2, 0) is 7.05 Å². The Morgan fingerprint density at radius 1 is 1.26 bits per heavy atom. The van der Waals surface area contributed by atoms with E-state index in [0.29, 0.717) is 6.04 Å². The molecule has 1 aromatic carbocycles. The molecule has 0 bridgehead atoms. The first-order chi connectivity index (χ1) is 8.97. The normalized spacial score (nSPS) is 14.4. The Labute approximate surface area is 123 Å². The van der Waals surface area contributed by atoms with Gasteiger partial charge in [0.05, 0.1) is 5.69 Å². The second kappa shape index (κ2) is 5.88. The first-order valence-corrected chi connectivity index (χ1v) is 7.28. The maximum Gasteiger partial charge on any atom is 0.0641 e. The standard InChI is InChI=1S/C15H20BrN3/c1-10(13-6-5-7-14(16)8-13)17-11(2)15-9-19(4)18-12(15)3/h5-11,17H,1-4H3/t10-,11?/m1/s1. The molecule has 0 saturated heterocycles. The number of aryl methyl sites for hydroxylation is 2. The minimum absolute atomic E-state index is 0.280. The summed E-state index contributed by atoms with van der Waals surface area (Å²) < 4.78 is 2.98. The number of hydrogen-bond donors (Lipinski definition) is 1. The predicted octanol–water partition coefficient (Wildman–Crippen LogP) is 3.90. The largest absolute Gasteiger partial charge is 0.304 e. The van der Waals surface area contributed by atoms with Gasteiger partial charge in [-0.05, 0) is 38.5 Å². The van der Waals surface area contributed by atoms with E-state index in [4.69, 9.17) is 0 Å². The van der Waals surface area contributed by atoms with Crippen molar-refractivity contribution in [1.29, 1.82) is 0 Å². The van der Waals surface area contributed by atoms with Gasteiger partial charge >= 0.3 is 0 Å². The summed E-state index contributed by atoms with van der Waals surface area (Å²) in [4.78, 5) is 0. The zero-order chi connectivity index (χ0) is 14.0. The van der Waals surface area contributed by atoms with Crippen molar-refractivity contribution in [2.45, 2.75) is 32.9 Å². The summed E-state index contributed by atoms with van der Waals surface area (Å²) in [7, 11) is 1.96. The van der Waals surface area contributed by atoms with Crippen molar-refractivity contribution in [1.82, 2.24) is 15.1 Å². The van der Waals surface area contributed by atoms with Gasteiger partial charge in [0.2, 0.25) is 0 Å². The average molecular weight is 322 g/mol. The molecule has 102 valence electrons. The first-order valence-electron chi connectivity index (χ1n) is 6.49. The van der Waals surface area contributed by atoms with Gasteiger partial charge in [0.1, 0.15) is 0 Å². The van der Waals surface area contributed by atoms with E-state index in [-0.39, 0.29) is 6.04 Å². The van der Waals surface area contributed by atoms with E-state index in [9.17, 15) is 0 Å². The van der Waals surface area contributed by atoms with Gasteiger partial charge in [0, 0.05) is 35.4 Å². The highest BCUT2D eigenvalue weighted by Crippen LogP contribution is 2.22. The Kier molecular flexibility index (Phi) is 4.42. The minimum Gasteiger partial charge on any atom is -0.304 e. The molecule has 1 unspecified atom stereocenters. The van der Waals surface area contributed by atoms with Crippen molar-refractivity contribution in [3.05, 3.63) is 51.8 Å². The van der Waals surface area contributed by atoms with E-state index in [1.807, 2.05) is 17.8 Å². The van der Waals surface area contributed by atoms with E-state index in [1.165, 1.54) is 11.1 Å². The van der Waals surface area contributed by atoms with Crippen LogP contribution in [0.5, 0.6) is 0 Å². The van der Waals surface area contributed by atoms with Gasteiger partial charge in [-0.1, -0.05) is 28.1 Å². The van der Waals surface area contributed by atoms with Crippen molar-refractivity contribution in [2.24, 2.45) is 7.05 Å². The molecule has 0 radical (unpaired) electrons. The van der Waals surface area contributed by atoms with Crippen LogP contribution in [-0.4, -0.2) is 9.78 Å². The lowest BCUT2D eigenvalue weighted by atomic mass is 10.1. The number of hydrogen-bond acceptors (Lipinski definition) is 2. The molecule has 0 aliphatic rings. The fraction of sp³-hybridized carbons (Fsp3) is 0.400. The number of halogens is 1. The lowest BCUT2D eigenvalue weighted by Gasteiger charge is -2.20. The summed E-state index contributed by atoms with van der Waals surface area (Å²) >= 11 is 3.52. The van der Waals surface area contributed by atoms with Crippen molar-refractivity contribution >= 4 is 15.9 Å². The average Bonchev–Trinajstić information content (AvgIpc) is 2.68. The molecule has 1 heterocycles. The summed E-state index contributed by atoms with van der Waals surface area (Å²) in [5.41, 5.74) is 3.62. The Morgan fingerprint density at radius 2 is 2.00 bits per heavy atom. The Hall–Kier alpha value is -1.13. The van der Waals surface area contributed by atoms with Gasteiger partial charge in [-0.2, -0.15) is 5.10 Å². The molecule has 19 heavy (non-hydrogen) atoms. The Balaban J connectivity index is 2.10. The van der Waals surface area contributed by atoms with E-state index in [2.05, 4.69) is 71.5 Å². The molecule has 0 spiro atoms. The molecule has 0 aliphatic heterocycles. The molecule has 2 atom stereocenters. The van der Waals surface area contributed by atoms with Crippen LogP contribution < -0.4 is 5.32 Å². The smallest absolute Gasteiger partial charge is 0.0641 e. The van der Waals surface area contributed by atoms with Crippen LogP contribution in [0.15, 0.2) is 34.9 Å². The summed E-state index contributed by atoms with van der Waals surface area (Å²) in [5, 5.41) is 8.02. The summed E-state index contributed by atoms with van der Waals surface area (Å²) in [6.07, 6.45) is 2.08. The number of nitrogens with one attached hydrogen (secondary N) is 1. The van der Waals surface area contributed by atoms with Crippen LogP contribution in [0.3, 0.4) is 0 Å². The SMILES string of the molecule is Cc1nn(C)cc1C(C)N[C@H](C)c1cccc(Br)c1. The molecular formula is C15H20BrN3. The molecule has 2 rings (SSSR count). The van der Waals surface area contributed by atoms with Crippen molar-refractivity contribution < 1.29 is 0 Å². The molecule has 0 fully saturated rings. The van der Waals surface area contributed by atoms with Crippen LogP contribution >= 0.6 is 15.9 Å². The minimum atomic E-state index is 0.280. The summed E-state index contributed by atoms with van der Waals surface area (Å²) in [6, 6.07) is 8.99. The van der Waals surface area contributed by atoms with Crippen molar-refractivity contribution in [3.8, 4) is 0 Å². The van der Waals surface area contributed by atoms with Gasteiger partial charge in [0.25, 0.3) is 0 Å². The van der Waals surface area contributed by atoms with Crippen molar-refractivity contribution in [2.75, 3.05) is 0 Å². The molecule has 0 saturated carbocycles. The highest BCUT2D eigenvalue weighted by molar-refractivity contribution is 9.10. The molecular weight excluding hydrogens is 302 g/mol. The lowest BCUT2D eigenvalue weighted by Crippen LogP contribution is -2.22. The molecule has 0 amide bonds. The summed E-state index contributed by atoms with van der Waals surface area (Å²) in [6.45, 7) is 6.42. The maximum absolute atomic E-state index is 4.40. The molecule has 0 aliphatic carbocycles. The van der Waals surface area contributed by atoms with Crippen molar-refractivity contribution in [3.63, 3.8) is 0 Å². The van der Waals surface area contributed by atoms with E-state index < -0.39 is 0 Å². The number of rotatable bonds is 4. The van der Waals surface area contributed by atoms with Crippen LogP contribution in [0.25, 0.3) is 0 Å². The number of nitrogens with zero attached hydrogens (tertiary/aromatic N) is 2. The third-order valence-corrected chi connectivity index (χ3v) is 3.86. The van der Waals surface area contributed by atoms with Gasteiger partial charge in [0.15, 0.2) is 0 Å². The molecule has 1 aromatic heterocycles. The zero-order valence-corrected chi connectivity index (χ0v) is 13.4. The predicted molar refractivity (Wildman–Crippen MR) is 82.1 cm³/mol. The van der Waals surface area contributed by atoms with Crippen LogP contribution in [0.4, 0.5) is 0 Å². The maximum atomic E-state index is 4.40. The Bertz CT molecular complexity index is 562. The van der Waals surface area contributed by atoms with Gasteiger partial charge < -0.3 is 5.32 Å². The summed E-state index contributed by atoms with van der Waals surface area (Å²) in [5.74, 6) is 0. The molecule has 1 N–H and O–H groups in total. The highest BCUT2D eigenvalue weighted by atomic mass is 79.9. The fourth-order valence-electron chi connectivity index (χ4n) is 2.38. The molecule has 4 heteroatoms. The van der Waals surface area contributed by atoms with Crippen LogP contribution in [0.2, 0.25) is 0 Å². The molecule has 3 nitrogen and oxygen atoms in total. The quantitative estimate of drug-likeness (QED) is 0.925. The van der Waals surface area contributed by atoms with E-state index in [1.54, 1.807) is 0 Å². The zero-order valence-electron chi connectivity index (χ0n) is 11.8. The lowest BCUT2D eigenvalue weighted by molar-refractivity contribution is 0.493. The fourth-order valence-corrected chi connectivity index (χ4v) is 2.80. The third kappa shape index (κ3) is 3.45. The molecule has 2 aromatic rings. The number of aromatic nitrogens is 2. The monoisotopic (exact) mass is 321 g/mol. The van der Waals surface area contributed by atoms with Crippen LogP contribution in [0.1, 0.15) is 42.8 Å². The highest BCUT2D eigenvalue weighted by Gasteiger charge is 2.15.